The fraction of sp³-hybridized carbons (Fsp3) is 0.250. The zero-order valence-electron chi connectivity index (χ0n) is 15.3. The van der Waals surface area contributed by atoms with Crippen LogP contribution in [0.25, 0.3) is 4.96 Å². The summed E-state index contributed by atoms with van der Waals surface area (Å²) in [6, 6.07) is 16.3. The maximum Gasteiger partial charge on any atom is 0.234 e. The summed E-state index contributed by atoms with van der Waals surface area (Å²) in [5, 5.41) is 14.3. The summed E-state index contributed by atoms with van der Waals surface area (Å²) in [5.74, 6) is 2.34. The lowest BCUT2D eigenvalue weighted by Gasteiger charge is -2.08. The van der Waals surface area contributed by atoms with Crippen LogP contribution in [0.4, 0.5) is 0 Å². The normalized spacial score (nSPS) is 11.0. The summed E-state index contributed by atoms with van der Waals surface area (Å²) >= 11 is 1.56. The minimum Gasteiger partial charge on any atom is -0.493 e. The largest absolute Gasteiger partial charge is 0.493 e. The second kappa shape index (κ2) is 7.75. The van der Waals surface area contributed by atoms with Crippen LogP contribution in [0, 0.1) is 0 Å². The molecular weight excluding hydrogens is 360 g/mol. The van der Waals surface area contributed by atoms with Gasteiger partial charge < -0.3 is 9.47 Å². The third-order valence-corrected chi connectivity index (χ3v) is 5.28. The lowest BCUT2D eigenvalue weighted by molar-refractivity contribution is 0.354. The minimum absolute atomic E-state index is 0.715. The lowest BCUT2D eigenvalue weighted by atomic mass is 10.1. The molecule has 0 spiro atoms. The van der Waals surface area contributed by atoms with E-state index in [1.54, 1.807) is 25.6 Å². The van der Waals surface area contributed by atoms with Gasteiger partial charge in [-0.25, -0.2) is 0 Å². The van der Waals surface area contributed by atoms with E-state index >= 15 is 0 Å². The van der Waals surface area contributed by atoms with Crippen molar-refractivity contribution >= 4 is 16.3 Å². The molecule has 0 aliphatic rings. The average Bonchev–Trinajstić information content (AvgIpc) is 3.27. The molecule has 0 radical (unpaired) electrons. The highest BCUT2D eigenvalue weighted by molar-refractivity contribution is 7.16. The van der Waals surface area contributed by atoms with Gasteiger partial charge in [-0.15, -0.1) is 10.2 Å². The third kappa shape index (κ3) is 3.78. The number of hydrogen-bond acceptors (Lipinski definition) is 6. The summed E-state index contributed by atoms with van der Waals surface area (Å²) in [6.07, 6.45) is 2.45. The number of hydrogen-bond donors (Lipinski definition) is 0. The van der Waals surface area contributed by atoms with E-state index in [9.17, 15) is 0 Å². The Morgan fingerprint density at radius 2 is 1.70 bits per heavy atom. The zero-order valence-corrected chi connectivity index (χ0v) is 16.1. The first kappa shape index (κ1) is 17.5. The zero-order chi connectivity index (χ0) is 18.6. The van der Waals surface area contributed by atoms with E-state index in [0.717, 1.165) is 45.7 Å². The SMILES string of the molecule is COc1ccc(Cc2nn3c(CCc4ccccc4)nnc3s2)cc1OC. The van der Waals surface area contributed by atoms with Gasteiger partial charge in [0, 0.05) is 12.8 Å². The van der Waals surface area contributed by atoms with E-state index in [1.165, 1.54) is 5.56 Å². The number of fused-ring (bicyclic) bond motifs is 1. The van der Waals surface area contributed by atoms with E-state index in [-0.39, 0.29) is 0 Å². The van der Waals surface area contributed by atoms with E-state index < -0.39 is 0 Å². The van der Waals surface area contributed by atoms with Gasteiger partial charge in [-0.3, -0.25) is 0 Å². The summed E-state index contributed by atoms with van der Waals surface area (Å²) in [6.45, 7) is 0. The number of nitrogens with zero attached hydrogens (tertiary/aromatic N) is 4. The second-order valence-electron chi connectivity index (χ2n) is 6.16. The Balaban J connectivity index is 1.51. The number of rotatable bonds is 7. The molecule has 0 unspecified atom stereocenters. The minimum atomic E-state index is 0.715. The quantitative estimate of drug-likeness (QED) is 0.490. The van der Waals surface area contributed by atoms with Gasteiger partial charge >= 0.3 is 0 Å². The Labute approximate surface area is 161 Å². The highest BCUT2D eigenvalue weighted by Crippen LogP contribution is 2.29. The molecule has 0 saturated heterocycles. The average molecular weight is 380 g/mol. The number of methoxy groups -OCH3 is 2. The molecule has 0 fully saturated rings. The molecule has 4 rings (SSSR count). The smallest absolute Gasteiger partial charge is 0.234 e. The molecule has 2 aromatic heterocycles. The van der Waals surface area contributed by atoms with Gasteiger partial charge in [0.1, 0.15) is 5.01 Å². The molecule has 0 aliphatic heterocycles. The van der Waals surface area contributed by atoms with Gasteiger partial charge in [-0.1, -0.05) is 47.7 Å². The molecular formula is C20H20N4O2S. The maximum atomic E-state index is 5.38. The highest BCUT2D eigenvalue weighted by atomic mass is 32.1. The molecule has 138 valence electrons. The molecule has 0 atom stereocenters. The van der Waals surface area contributed by atoms with Crippen LogP contribution < -0.4 is 9.47 Å². The van der Waals surface area contributed by atoms with Crippen molar-refractivity contribution in [3.63, 3.8) is 0 Å². The fourth-order valence-electron chi connectivity index (χ4n) is 2.99. The Hall–Kier alpha value is -2.93. The van der Waals surface area contributed by atoms with Gasteiger partial charge in [-0.05, 0) is 29.7 Å². The fourth-order valence-corrected chi connectivity index (χ4v) is 3.88. The predicted octanol–water partition coefficient (Wildman–Crippen LogP) is 3.58. The molecule has 0 aliphatic carbocycles. The van der Waals surface area contributed by atoms with Crippen LogP contribution in [0.1, 0.15) is 22.0 Å². The van der Waals surface area contributed by atoms with Gasteiger partial charge in [0.05, 0.1) is 14.2 Å². The highest BCUT2D eigenvalue weighted by Gasteiger charge is 2.13. The van der Waals surface area contributed by atoms with Crippen molar-refractivity contribution in [2.75, 3.05) is 14.2 Å². The molecule has 0 N–H and O–H groups in total. The first-order chi connectivity index (χ1) is 13.3. The van der Waals surface area contributed by atoms with Crippen LogP contribution in [0.15, 0.2) is 48.5 Å². The predicted molar refractivity (Wildman–Crippen MR) is 105 cm³/mol. The number of benzene rings is 2. The van der Waals surface area contributed by atoms with E-state index in [1.807, 2.05) is 28.8 Å². The van der Waals surface area contributed by atoms with Crippen molar-refractivity contribution in [2.45, 2.75) is 19.3 Å². The Morgan fingerprint density at radius 3 is 2.48 bits per heavy atom. The van der Waals surface area contributed by atoms with Crippen LogP contribution in [0.5, 0.6) is 11.5 Å². The molecule has 2 aromatic carbocycles. The molecule has 2 heterocycles. The summed E-state index contributed by atoms with van der Waals surface area (Å²) in [5.41, 5.74) is 2.40. The van der Waals surface area contributed by atoms with Gasteiger partial charge in [0.15, 0.2) is 17.3 Å². The molecule has 0 saturated carbocycles. The van der Waals surface area contributed by atoms with Crippen molar-refractivity contribution in [1.29, 1.82) is 0 Å². The van der Waals surface area contributed by atoms with Crippen LogP contribution in [-0.4, -0.2) is 34.0 Å². The van der Waals surface area contributed by atoms with Crippen LogP contribution in [-0.2, 0) is 19.3 Å². The van der Waals surface area contributed by atoms with Crippen molar-refractivity contribution in [3.8, 4) is 11.5 Å². The van der Waals surface area contributed by atoms with Gasteiger partial charge in [-0.2, -0.15) is 9.61 Å². The summed E-state index contributed by atoms with van der Waals surface area (Å²) in [7, 11) is 3.28. The molecule has 7 heteroatoms. The topological polar surface area (TPSA) is 61.5 Å². The van der Waals surface area contributed by atoms with E-state index in [2.05, 4.69) is 34.5 Å². The molecule has 0 amide bonds. The Morgan fingerprint density at radius 1 is 0.889 bits per heavy atom. The van der Waals surface area contributed by atoms with Crippen molar-refractivity contribution in [1.82, 2.24) is 19.8 Å². The number of ether oxygens (including phenoxy) is 2. The molecule has 6 nitrogen and oxygen atoms in total. The van der Waals surface area contributed by atoms with E-state index in [4.69, 9.17) is 14.6 Å². The monoisotopic (exact) mass is 380 g/mol. The standard InChI is InChI=1S/C20H20N4O2S/c1-25-16-10-8-15(12-17(16)26-2)13-19-23-24-18(21-22-20(24)27-19)11-9-14-6-4-3-5-7-14/h3-8,10,12H,9,11,13H2,1-2H3. The number of aryl methyl sites for hydroxylation is 2. The van der Waals surface area contributed by atoms with Gasteiger partial charge in [0.2, 0.25) is 4.96 Å². The van der Waals surface area contributed by atoms with Crippen LogP contribution in [0.3, 0.4) is 0 Å². The Kier molecular flexibility index (Phi) is 5.02. The van der Waals surface area contributed by atoms with Crippen LogP contribution in [0.2, 0.25) is 0 Å². The molecule has 27 heavy (non-hydrogen) atoms. The molecule has 0 bridgehead atoms. The van der Waals surface area contributed by atoms with Gasteiger partial charge in [0.25, 0.3) is 0 Å². The maximum absolute atomic E-state index is 5.38. The number of aromatic nitrogens is 4. The second-order valence-corrected chi connectivity index (χ2v) is 7.20. The van der Waals surface area contributed by atoms with Crippen LogP contribution >= 0.6 is 11.3 Å². The van der Waals surface area contributed by atoms with Crippen molar-refractivity contribution < 1.29 is 9.47 Å². The van der Waals surface area contributed by atoms with Crippen molar-refractivity contribution in [2.24, 2.45) is 0 Å². The lowest BCUT2D eigenvalue weighted by Crippen LogP contribution is -2.00. The van der Waals surface area contributed by atoms with E-state index in [0.29, 0.717) is 6.42 Å². The Bertz CT molecular complexity index is 1040. The first-order valence-electron chi connectivity index (χ1n) is 8.71. The first-order valence-corrected chi connectivity index (χ1v) is 9.53. The molecule has 4 aromatic rings. The third-order valence-electron chi connectivity index (χ3n) is 4.38. The van der Waals surface area contributed by atoms with Crippen molar-refractivity contribution in [3.05, 3.63) is 70.5 Å². The summed E-state index contributed by atoms with van der Waals surface area (Å²) in [4.78, 5) is 0.827. The summed E-state index contributed by atoms with van der Waals surface area (Å²) < 4.78 is 12.5.